The van der Waals surface area contributed by atoms with Crippen LogP contribution in [0.15, 0.2) is 60.3 Å². The van der Waals surface area contributed by atoms with Gasteiger partial charge in [-0.15, -0.1) is 0 Å². The number of amides is 2. The number of piperidine rings is 1. The van der Waals surface area contributed by atoms with E-state index in [0.717, 1.165) is 24.0 Å². The van der Waals surface area contributed by atoms with Gasteiger partial charge in [0, 0.05) is 25.3 Å². The molecule has 0 aromatic heterocycles. The SMILES string of the molecule is COc1ccccc1CN1C(=O)C(c2ccccc2)=C(N2CCCC(CO)C2)C1=O. The van der Waals surface area contributed by atoms with E-state index in [9.17, 15) is 14.7 Å². The number of likely N-dealkylation sites (tertiary alicyclic amines) is 1. The zero-order valence-corrected chi connectivity index (χ0v) is 17.1. The van der Waals surface area contributed by atoms with E-state index in [0.29, 0.717) is 30.1 Å². The molecule has 0 aliphatic carbocycles. The smallest absolute Gasteiger partial charge is 0.278 e. The van der Waals surface area contributed by atoms with Gasteiger partial charge >= 0.3 is 0 Å². The van der Waals surface area contributed by atoms with Crippen LogP contribution >= 0.6 is 0 Å². The third-order valence-corrected chi connectivity index (χ3v) is 5.82. The van der Waals surface area contributed by atoms with Crippen LogP contribution in [0.4, 0.5) is 0 Å². The molecule has 2 aliphatic rings. The van der Waals surface area contributed by atoms with Gasteiger partial charge in [0.1, 0.15) is 11.4 Å². The van der Waals surface area contributed by atoms with Crippen LogP contribution in [-0.2, 0) is 16.1 Å². The molecule has 1 N–H and O–H groups in total. The molecule has 0 saturated carbocycles. The van der Waals surface area contributed by atoms with Gasteiger partial charge in [0.05, 0.1) is 19.2 Å². The molecule has 2 aromatic rings. The highest BCUT2D eigenvalue weighted by molar-refractivity contribution is 6.35. The van der Waals surface area contributed by atoms with E-state index in [1.54, 1.807) is 7.11 Å². The number of nitrogens with zero attached hydrogens (tertiary/aromatic N) is 2. The second kappa shape index (κ2) is 8.71. The van der Waals surface area contributed by atoms with Gasteiger partial charge in [-0.2, -0.15) is 0 Å². The third kappa shape index (κ3) is 3.71. The van der Waals surface area contributed by atoms with Crippen LogP contribution in [0.2, 0.25) is 0 Å². The van der Waals surface area contributed by atoms with E-state index < -0.39 is 0 Å². The Bertz CT molecular complexity index is 970. The van der Waals surface area contributed by atoms with Crippen LogP contribution in [0.5, 0.6) is 5.75 Å². The van der Waals surface area contributed by atoms with Crippen molar-refractivity contribution in [3.63, 3.8) is 0 Å². The molecule has 2 heterocycles. The summed E-state index contributed by atoms with van der Waals surface area (Å²) in [6.07, 6.45) is 1.80. The van der Waals surface area contributed by atoms with E-state index in [4.69, 9.17) is 4.74 Å². The number of benzene rings is 2. The predicted octanol–water partition coefficient (Wildman–Crippen LogP) is 2.68. The fourth-order valence-corrected chi connectivity index (χ4v) is 4.29. The van der Waals surface area contributed by atoms with Crippen LogP contribution in [0.3, 0.4) is 0 Å². The molecule has 6 heteroatoms. The lowest BCUT2D eigenvalue weighted by molar-refractivity contribution is -0.138. The summed E-state index contributed by atoms with van der Waals surface area (Å²) in [5, 5.41) is 9.64. The number of rotatable bonds is 6. The lowest BCUT2D eigenvalue weighted by Gasteiger charge is -2.34. The number of imide groups is 1. The zero-order chi connectivity index (χ0) is 21.1. The van der Waals surface area contributed by atoms with E-state index in [1.165, 1.54) is 4.90 Å². The number of carbonyl (C=O) groups excluding carboxylic acids is 2. The number of hydrogen-bond donors (Lipinski definition) is 1. The van der Waals surface area contributed by atoms with Crippen molar-refractivity contribution in [2.45, 2.75) is 19.4 Å². The maximum absolute atomic E-state index is 13.5. The summed E-state index contributed by atoms with van der Waals surface area (Å²) in [6.45, 7) is 1.50. The largest absolute Gasteiger partial charge is 0.496 e. The first-order valence-electron chi connectivity index (χ1n) is 10.3. The quantitative estimate of drug-likeness (QED) is 0.747. The molecular formula is C24H26N2O4. The lowest BCUT2D eigenvalue weighted by atomic mass is 9.97. The highest BCUT2D eigenvalue weighted by Gasteiger charge is 2.42. The molecule has 30 heavy (non-hydrogen) atoms. The summed E-state index contributed by atoms with van der Waals surface area (Å²) >= 11 is 0. The van der Waals surface area contributed by atoms with E-state index in [-0.39, 0.29) is 30.9 Å². The Morgan fingerprint density at radius 1 is 1.03 bits per heavy atom. The molecule has 2 amide bonds. The number of hydrogen-bond acceptors (Lipinski definition) is 5. The fraction of sp³-hybridized carbons (Fsp3) is 0.333. The first kappa shape index (κ1) is 20.2. The van der Waals surface area contributed by atoms with Crippen molar-refractivity contribution < 1.29 is 19.4 Å². The second-order valence-electron chi connectivity index (χ2n) is 7.73. The van der Waals surface area contributed by atoms with Crippen LogP contribution in [0, 0.1) is 5.92 Å². The molecule has 2 aromatic carbocycles. The number of methoxy groups -OCH3 is 1. The van der Waals surface area contributed by atoms with Gasteiger partial charge < -0.3 is 14.7 Å². The molecule has 0 bridgehead atoms. The average Bonchev–Trinajstić information content (AvgIpc) is 3.04. The van der Waals surface area contributed by atoms with Crippen molar-refractivity contribution in [3.05, 3.63) is 71.4 Å². The maximum atomic E-state index is 13.5. The fourth-order valence-electron chi connectivity index (χ4n) is 4.29. The van der Waals surface area contributed by atoms with Crippen molar-refractivity contribution in [2.75, 3.05) is 26.8 Å². The van der Waals surface area contributed by atoms with Crippen molar-refractivity contribution in [3.8, 4) is 5.75 Å². The van der Waals surface area contributed by atoms with Crippen LogP contribution < -0.4 is 4.74 Å². The van der Waals surface area contributed by atoms with Gasteiger partial charge in [0.2, 0.25) is 0 Å². The summed E-state index contributed by atoms with van der Waals surface area (Å²) in [5.41, 5.74) is 2.40. The number of para-hydroxylation sites is 1. The Balaban J connectivity index is 1.73. The van der Waals surface area contributed by atoms with Gasteiger partial charge in [-0.3, -0.25) is 14.5 Å². The Hall–Kier alpha value is -3.12. The summed E-state index contributed by atoms with van der Waals surface area (Å²) < 4.78 is 5.41. The van der Waals surface area contributed by atoms with E-state index in [2.05, 4.69) is 0 Å². The first-order valence-corrected chi connectivity index (χ1v) is 10.3. The normalized spacial score (nSPS) is 19.6. The number of carbonyl (C=O) groups is 2. The predicted molar refractivity (Wildman–Crippen MR) is 113 cm³/mol. The van der Waals surface area contributed by atoms with Crippen molar-refractivity contribution in [1.82, 2.24) is 9.80 Å². The number of aliphatic hydroxyl groups excluding tert-OH is 1. The molecular weight excluding hydrogens is 380 g/mol. The summed E-state index contributed by atoms with van der Waals surface area (Å²) in [7, 11) is 1.58. The van der Waals surface area contributed by atoms with Crippen LogP contribution in [0.1, 0.15) is 24.0 Å². The Morgan fingerprint density at radius 3 is 2.50 bits per heavy atom. The van der Waals surface area contributed by atoms with Crippen molar-refractivity contribution in [2.24, 2.45) is 5.92 Å². The van der Waals surface area contributed by atoms with Gasteiger partial charge in [-0.25, -0.2) is 0 Å². The minimum atomic E-state index is -0.293. The van der Waals surface area contributed by atoms with Crippen LogP contribution in [0.25, 0.3) is 5.57 Å². The van der Waals surface area contributed by atoms with Crippen molar-refractivity contribution in [1.29, 1.82) is 0 Å². The molecule has 1 fully saturated rings. The maximum Gasteiger partial charge on any atom is 0.278 e. The van der Waals surface area contributed by atoms with Gasteiger partial charge in [-0.1, -0.05) is 48.5 Å². The molecule has 4 rings (SSSR count). The molecule has 1 atom stereocenters. The lowest BCUT2D eigenvalue weighted by Crippen LogP contribution is -2.40. The summed E-state index contributed by atoms with van der Waals surface area (Å²) in [4.78, 5) is 30.2. The van der Waals surface area contributed by atoms with Crippen LogP contribution in [-0.4, -0.2) is 53.5 Å². The summed E-state index contributed by atoms with van der Waals surface area (Å²) in [6, 6.07) is 16.8. The highest BCUT2D eigenvalue weighted by Crippen LogP contribution is 2.35. The molecule has 0 spiro atoms. The van der Waals surface area contributed by atoms with E-state index in [1.807, 2.05) is 59.5 Å². The molecule has 2 aliphatic heterocycles. The van der Waals surface area contributed by atoms with Gasteiger partial charge in [-0.05, 0) is 30.4 Å². The zero-order valence-electron chi connectivity index (χ0n) is 17.1. The monoisotopic (exact) mass is 406 g/mol. The third-order valence-electron chi connectivity index (χ3n) is 5.82. The standard InChI is InChI=1S/C24H26N2O4/c1-30-20-12-6-5-11-19(20)15-26-23(28)21(18-9-3-2-4-10-18)22(24(26)29)25-13-7-8-17(14-25)16-27/h2-6,9-12,17,27H,7-8,13-16H2,1H3. The van der Waals surface area contributed by atoms with Gasteiger partial charge in [0.25, 0.3) is 11.8 Å². The summed E-state index contributed by atoms with van der Waals surface area (Å²) in [5.74, 6) is 0.169. The molecule has 6 nitrogen and oxygen atoms in total. The van der Waals surface area contributed by atoms with E-state index >= 15 is 0 Å². The average molecular weight is 406 g/mol. The Morgan fingerprint density at radius 2 is 1.77 bits per heavy atom. The second-order valence-corrected chi connectivity index (χ2v) is 7.73. The minimum Gasteiger partial charge on any atom is -0.496 e. The van der Waals surface area contributed by atoms with Gasteiger partial charge in [0.15, 0.2) is 0 Å². The minimum absolute atomic E-state index is 0.0809. The Labute approximate surface area is 176 Å². The molecule has 1 saturated heterocycles. The molecule has 1 unspecified atom stereocenters. The number of aliphatic hydroxyl groups is 1. The highest BCUT2D eigenvalue weighted by atomic mass is 16.5. The van der Waals surface area contributed by atoms with Crippen molar-refractivity contribution >= 4 is 17.4 Å². The number of ether oxygens (including phenoxy) is 1. The Kier molecular flexibility index (Phi) is 5.86. The first-order chi connectivity index (χ1) is 14.6. The molecule has 0 radical (unpaired) electrons. The molecule has 156 valence electrons. The topological polar surface area (TPSA) is 70.1 Å².